The van der Waals surface area contributed by atoms with Crippen molar-refractivity contribution in [2.24, 2.45) is 0 Å². The minimum atomic E-state index is -0.962. The van der Waals surface area contributed by atoms with Crippen LogP contribution < -0.4 is 30.7 Å². The van der Waals surface area contributed by atoms with Crippen LogP contribution in [0.1, 0.15) is 130 Å². The van der Waals surface area contributed by atoms with E-state index in [1.165, 1.54) is 16.7 Å². The fourth-order valence-corrected chi connectivity index (χ4v) is 7.85. The summed E-state index contributed by atoms with van der Waals surface area (Å²) >= 11 is 0. The van der Waals surface area contributed by atoms with Gasteiger partial charge >= 0.3 is 18.0 Å². The molecule has 1 aliphatic rings. The fourth-order valence-electron chi connectivity index (χ4n) is 7.85. The predicted molar refractivity (Wildman–Crippen MR) is 245 cm³/mol. The molecule has 1 saturated carbocycles. The molecule has 0 heterocycles. The van der Waals surface area contributed by atoms with Gasteiger partial charge in [0.15, 0.2) is 0 Å². The van der Waals surface area contributed by atoms with Gasteiger partial charge in [0.1, 0.15) is 17.2 Å². The Labute approximate surface area is 366 Å². The van der Waals surface area contributed by atoms with Crippen LogP contribution in [0.25, 0.3) is 0 Å². The van der Waals surface area contributed by atoms with Crippen LogP contribution in [0, 0.1) is 0 Å². The minimum Gasteiger partial charge on any atom is -0.490 e. The van der Waals surface area contributed by atoms with Crippen molar-refractivity contribution in [2.75, 3.05) is 0 Å². The second-order valence-corrected chi connectivity index (χ2v) is 18.0. The Balaban J connectivity index is 0.930. The van der Waals surface area contributed by atoms with Gasteiger partial charge in [0.25, 0.3) is 0 Å². The lowest BCUT2D eigenvalue weighted by Crippen LogP contribution is -2.50. The molecule has 4 amide bonds. The van der Waals surface area contributed by atoms with Crippen LogP contribution in [0.4, 0.5) is 9.59 Å². The van der Waals surface area contributed by atoms with Crippen LogP contribution in [-0.4, -0.2) is 35.3 Å². The van der Waals surface area contributed by atoms with E-state index in [0.29, 0.717) is 24.0 Å². The summed E-state index contributed by atoms with van der Waals surface area (Å²) in [6, 6.07) is 38.8. The molecule has 62 heavy (non-hydrogen) atoms. The summed E-state index contributed by atoms with van der Waals surface area (Å²) in [6.45, 7) is 15.0. The number of benzene rings is 5. The van der Waals surface area contributed by atoms with Crippen molar-refractivity contribution in [3.8, 4) is 17.2 Å². The highest BCUT2D eigenvalue weighted by molar-refractivity contribution is 5.87. The van der Waals surface area contributed by atoms with Crippen molar-refractivity contribution in [1.29, 1.82) is 0 Å². The van der Waals surface area contributed by atoms with Crippen molar-refractivity contribution >= 4 is 18.0 Å². The molecule has 0 radical (unpaired) electrons. The zero-order valence-corrected chi connectivity index (χ0v) is 37.1. The van der Waals surface area contributed by atoms with Gasteiger partial charge in [-0.05, 0) is 154 Å². The molecule has 0 saturated heterocycles. The van der Waals surface area contributed by atoms with Gasteiger partial charge in [-0.1, -0.05) is 93.6 Å². The number of aromatic carboxylic acids is 1. The Morgan fingerprint density at radius 3 is 1.73 bits per heavy atom. The van der Waals surface area contributed by atoms with Crippen molar-refractivity contribution in [2.45, 2.75) is 122 Å². The Morgan fingerprint density at radius 2 is 1.16 bits per heavy atom. The average molecular weight is 839 g/mol. The number of carboxylic acid groups (broad SMARTS) is 1. The van der Waals surface area contributed by atoms with Gasteiger partial charge in [-0.3, -0.25) is 0 Å². The average Bonchev–Trinajstić information content (AvgIpc) is 3.24. The summed E-state index contributed by atoms with van der Waals surface area (Å²) in [5.41, 5.74) is 5.81. The molecule has 0 aliphatic heterocycles. The first kappa shape index (κ1) is 45.2. The summed E-state index contributed by atoms with van der Waals surface area (Å²) in [6.07, 6.45) is 4.07. The first-order valence-corrected chi connectivity index (χ1v) is 21.7. The number of carbonyl (C=O) groups excluding carboxylic acids is 2. The second kappa shape index (κ2) is 20.1. The standard InChI is InChI=1S/C52H62N4O6/c1-34(2)39-10-8-12-41(31-39)51(4,5)55-49(59)53-33-37-16-24-45(25-17-37)61-44-22-14-36(15-23-44)30-35(3)40-11-9-13-42(32-40)52(6,7)56-50(60)54-43-20-28-47(29-21-43)62-46-26-18-38(19-27-46)48(57)58/h8-19,22-27,31-32,34-35,43,47H,20-21,28-30,33H2,1-7H3,(H,57,58)(H2,53,55,59)(H2,54,56,60). The molecule has 0 spiro atoms. The minimum absolute atomic E-state index is 0.0259. The molecule has 6 rings (SSSR count). The fraction of sp³-hybridized carbons (Fsp3) is 0.365. The van der Waals surface area contributed by atoms with Crippen LogP contribution in [0.5, 0.6) is 17.2 Å². The van der Waals surface area contributed by atoms with Crippen molar-refractivity contribution in [3.05, 3.63) is 160 Å². The van der Waals surface area contributed by atoms with Crippen LogP contribution in [-0.2, 0) is 24.0 Å². The number of carbonyl (C=O) groups is 3. The topological polar surface area (TPSA) is 138 Å². The highest BCUT2D eigenvalue weighted by Crippen LogP contribution is 2.30. The third kappa shape index (κ3) is 12.6. The number of amides is 4. The molecule has 1 atom stereocenters. The van der Waals surface area contributed by atoms with Gasteiger partial charge in [-0.2, -0.15) is 0 Å². The van der Waals surface area contributed by atoms with E-state index in [9.17, 15) is 14.4 Å². The lowest BCUT2D eigenvalue weighted by Gasteiger charge is -2.32. The molecule has 10 nitrogen and oxygen atoms in total. The third-order valence-corrected chi connectivity index (χ3v) is 11.8. The van der Waals surface area contributed by atoms with Gasteiger partial charge in [0, 0.05) is 12.6 Å². The molecule has 5 N–H and O–H groups in total. The molecule has 1 unspecified atom stereocenters. The summed E-state index contributed by atoms with van der Waals surface area (Å²) in [7, 11) is 0. The van der Waals surface area contributed by atoms with E-state index in [1.54, 1.807) is 24.3 Å². The summed E-state index contributed by atoms with van der Waals surface area (Å²) < 4.78 is 12.2. The van der Waals surface area contributed by atoms with E-state index in [2.05, 4.69) is 90.6 Å². The number of ether oxygens (including phenoxy) is 2. The Morgan fingerprint density at radius 1 is 0.645 bits per heavy atom. The Bertz CT molecular complexity index is 2280. The van der Waals surface area contributed by atoms with Crippen LogP contribution in [0.2, 0.25) is 0 Å². The molecule has 326 valence electrons. The lowest BCUT2D eigenvalue weighted by atomic mass is 9.88. The van der Waals surface area contributed by atoms with E-state index in [0.717, 1.165) is 54.5 Å². The monoisotopic (exact) mass is 838 g/mol. The Kier molecular flexibility index (Phi) is 14.6. The maximum atomic E-state index is 13.2. The van der Waals surface area contributed by atoms with E-state index >= 15 is 0 Å². The van der Waals surface area contributed by atoms with Crippen LogP contribution in [0.15, 0.2) is 121 Å². The first-order valence-electron chi connectivity index (χ1n) is 21.7. The molecule has 0 bridgehead atoms. The van der Waals surface area contributed by atoms with Crippen LogP contribution >= 0.6 is 0 Å². The second-order valence-electron chi connectivity index (χ2n) is 18.0. The maximum Gasteiger partial charge on any atom is 0.335 e. The smallest absolute Gasteiger partial charge is 0.335 e. The number of rotatable bonds is 16. The summed E-state index contributed by atoms with van der Waals surface area (Å²) in [4.78, 5) is 37.2. The van der Waals surface area contributed by atoms with Gasteiger partial charge in [0.05, 0.1) is 22.7 Å². The van der Waals surface area contributed by atoms with E-state index < -0.39 is 17.0 Å². The largest absolute Gasteiger partial charge is 0.490 e. The highest BCUT2D eigenvalue weighted by atomic mass is 16.5. The molecule has 5 aromatic carbocycles. The zero-order valence-electron chi connectivity index (χ0n) is 37.1. The molecule has 0 aromatic heterocycles. The lowest BCUT2D eigenvalue weighted by molar-refractivity contribution is 0.0696. The van der Waals surface area contributed by atoms with Gasteiger partial charge < -0.3 is 35.8 Å². The zero-order chi connectivity index (χ0) is 44.4. The quantitative estimate of drug-likeness (QED) is 0.0671. The Hall–Kier alpha value is -6.29. The molecular formula is C52H62N4O6. The molecule has 10 heteroatoms. The molecule has 1 aliphatic carbocycles. The number of carboxylic acids is 1. The van der Waals surface area contributed by atoms with E-state index in [1.807, 2.05) is 76.2 Å². The van der Waals surface area contributed by atoms with E-state index in [-0.39, 0.29) is 35.7 Å². The van der Waals surface area contributed by atoms with E-state index in [4.69, 9.17) is 14.6 Å². The number of hydrogen-bond donors (Lipinski definition) is 5. The molecule has 5 aromatic rings. The normalized spacial score (nSPS) is 15.9. The van der Waals surface area contributed by atoms with Crippen molar-refractivity contribution in [3.63, 3.8) is 0 Å². The summed E-state index contributed by atoms with van der Waals surface area (Å²) in [5, 5.41) is 21.6. The van der Waals surface area contributed by atoms with Crippen molar-refractivity contribution < 1.29 is 29.0 Å². The number of urea groups is 2. The predicted octanol–water partition coefficient (Wildman–Crippen LogP) is 11.3. The number of hydrogen-bond acceptors (Lipinski definition) is 5. The maximum absolute atomic E-state index is 13.2. The third-order valence-electron chi connectivity index (χ3n) is 11.8. The molecular weight excluding hydrogens is 777 g/mol. The van der Waals surface area contributed by atoms with Gasteiger partial charge in [-0.15, -0.1) is 0 Å². The summed E-state index contributed by atoms with van der Waals surface area (Å²) in [5.74, 6) is 1.81. The SMILES string of the molecule is CC(C)c1cccc(C(C)(C)NC(=O)NCc2ccc(Oc3ccc(CC(C)c4cccc(C(C)(C)NC(=O)NC5CCC(Oc6ccc(C(=O)O)cc6)CC5)c4)cc3)cc2)c1. The first-order chi connectivity index (χ1) is 29.5. The highest BCUT2D eigenvalue weighted by Gasteiger charge is 2.28. The number of nitrogens with one attached hydrogen (secondary N) is 4. The molecule has 1 fully saturated rings. The van der Waals surface area contributed by atoms with Gasteiger partial charge in [-0.25, -0.2) is 14.4 Å². The van der Waals surface area contributed by atoms with Crippen LogP contribution in [0.3, 0.4) is 0 Å². The van der Waals surface area contributed by atoms with Crippen molar-refractivity contribution in [1.82, 2.24) is 21.3 Å². The van der Waals surface area contributed by atoms with Gasteiger partial charge in [0.2, 0.25) is 0 Å².